The first kappa shape index (κ1) is 18.4. The summed E-state index contributed by atoms with van der Waals surface area (Å²) in [5.74, 6) is 0.144. The highest BCUT2D eigenvalue weighted by Crippen LogP contribution is 2.30. The lowest BCUT2D eigenvalue weighted by Gasteiger charge is -2.13. The zero-order chi connectivity index (χ0) is 18.7. The van der Waals surface area contributed by atoms with Crippen LogP contribution in [0.15, 0.2) is 40.8 Å². The van der Waals surface area contributed by atoms with Gasteiger partial charge in [-0.2, -0.15) is 4.98 Å². The Balaban J connectivity index is 1.68. The van der Waals surface area contributed by atoms with E-state index in [1.54, 1.807) is 50.2 Å². The normalized spacial score (nSPS) is 12.0. The molecule has 1 heterocycles. The predicted octanol–water partition coefficient (Wildman–Crippen LogP) is 5.21. The second-order valence-electron chi connectivity index (χ2n) is 5.41. The minimum Gasteiger partial charge on any atom is -0.479 e. The van der Waals surface area contributed by atoms with E-state index in [2.05, 4.69) is 10.3 Å². The summed E-state index contributed by atoms with van der Waals surface area (Å²) in [5.41, 5.74) is 1.88. The van der Waals surface area contributed by atoms with Crippen LogP contribution in [0.25, 0.3) is 11.1 Å². The summed E-state index contributed by atoms with van der Waals surface area (Å²) >= 11 is 11.9. The molecule has 8 heteroatoms. The minimum absolute atomic E-state index is 0.312. The van der Waals surface area contributed by atoms with Gasteiger partial charge in [-0.15, -0.1) is 0 Å². The number of ether oxygens (including phenoxy) is 2. The van der Waals surface area contributed by atoms with Gasteiger partial charge in [0.15, 0.2) is 11.7 Å². The number of fused-ring (bicyclic) bond motifs is 1. The number of aromatic nitrogens is 1. The van der Waals surface area contributed by atoms with Crippen molar-refractivity contribution in [2.24, 2.45) is 0 Å². The number of rotatable bonds is 6. The smallest absolute Gasteiger partial charge is 0.347 e. The molecule has 0 saturated heterocycles. The van der Waals surface area contributed by atoms with Crippen LogP contribution in [0, 0.1) is 0 Å². The summed E-state index contributed by atoms with van der Waals surface area (Å²) < 4.78 is 16.0. The Kier molecular flexibility index (Phi) is 5.54. The van der Waals surface area contributed by atoms with E-state index in [-0.39, 0.29) is 0 Å². The molecular formula is C18H16Cl2N2O4. The van der Waals surface area contributed by atoms with Gasteiger partial charge in [0.25, 0.3) is 6.01 Å². The molecule has 0 spiro atoms. The molecule has 3 rings (SSSR count). The van der Waals surface area contributed by atoms with Gasteiger partial charge in [-0.1, -0.05) is 23.2 Å². The van der Waals surface area contributed by atoms with Crippen LogP contribution in [0.3, 0.4) is 0 Å². The van der Waals surface area contributed by atoms with E-state index in [0.29, 0.717) is 39.5 Å². The van der Waals surface area contributed by atoms with Gasteiger partial charge in [0.1, 0.15) is 11.3 Å². The second kappa shape index (κ2) is 7.85. The average Bonchev–Trinajstić information content (AvgIpc) is 2.98. The topological polar surface area (TPSA) is 73.6 Å². The summed E-state index contributed by atoms with van der Waals surface area (Å²) in [6.45, 7) is 3.70. The van der Waals surface area contributed by atoms with Gasteiger partial charge >= 0.3 is 5.97 Å². The number of carbonyl (C=O) groups excluding carboxylic acids is 1. The number of oxazole rings is 1. The van der Waals surface area contributed by atoms with Gasteiger partial charge in [0.2, 0.25) is 0 Å². The van der Waals surface area contributed by atoms with Crippen LogP contribution in [0.5, 0.6) is 5.75 Å². The predicted molar refractivity (Wildman–Crippen MR) is 100 cm³/mol. The van der Waals surface area contributed by atoms with Crippen LogP contribution in [0.4, 0.5) is 11.7 Å². The van der Waals surface area contributed by atoms with Crippen LogP contribution in [-0.2, 0) is 9.53 Å². The van der Waals surface area contributed by atoms with E-state index in [1.807, 2.05) is 0 Å². The Morgan fingerprint density at radius 1 is 1.23 bits per heavy atom. The molecule has 0 amide bonds. The fourth-order valence-corrected chi connectivity index (χ4v) is 2.54. The second-order valence-corrected chi connectivity index (χ2v) is 6.23. The Labute approximate surface area is 160 Å². The lowest BCUT2D eigenvalue weighted by Crippen LogP contribution is -2.25. The van der Waals surface area contributed by atoms with Gasteiger partial charge in [-0.05, 0) is 44.2 Å². The molecule has 3 aromatic rings. The highest BCUT2D eigenvalue weighted by atomic mass is 35.5. The molecule has 2 aromatic carbocycles. The molecular weight excluding hydrogens is 379 g/mol. The summed E-state index contributed by atoms with van der Waals surface area (Å²) in [6.07, 6.45) is -0.680. The maximum atomic E-state index is 11.6. The third kappa shape index (κ3) is 4.20. The van der Waals surface area contributed by atoms with E-state index in [0.717, 1.165) is 5.69 Å². The monoisotopic (exact) mass is 394 g/mol. The quantitative estimate of drug-likeness (QED) is 0.578. The van der Waals surface area contributed by atoms with Gasteiger partial charge < -0.3 is 19.2 Å². The maximum absolute atomic E-state index is 11.6. The molecule has 0 aliphatic rings. The Bertz CT molecular complexity index is 886. The molecule has 0 radical (unpaired) electrons. The largest absolute Gasteiger partial charge is 0.479 e. The lowest BCUT2D eigenvalue weighted by molar-refractivity contribution is -0.150. The van der Waals surface area contributed by atoms with Crippen LogP contribution in [0.1, 0.15) is 13.8 Å². The number of nitrogens with one attached hydrogen (secondary N) is 1. The van der Waals surface area contributed by atoms with E-state index in [1.165, 1.54) is 0 Å². The van der Waals surface area contributed by atoms with Gasteiger partial charge in [-0.3, -0.25) is 0 Å². The van der Waals surface area contributed by atoms with E-state index in [9.17, 15) is 4.79 Å². The van der Waals surface area contributed by atoms with E-state index >= 15 is 0 Å². The summed E-state index contributed by atoms with van der Waals surface area (Å²) in [7, 11) is 0. The molecule has 26 heavy (non-hydrogen) atoms. The summed E-state index contributed by atoms with van der Waals surface area (Å²) in [4.78, 5) is 15.9. The van der Waals surface area contributed by atoms with Crippen molar-refractivity contribution in [3.05, 3.63) is 46.4 Å². The number of benzene rings is 2. The Hall–Kier alpha value is -2.44. The zero-order valence-corrected chi connectivity index (χ0v) is 15.6. The van der Waals surface area contributed by atoms with E-state index < -0.39 is 12.1 Å². The van der Waals surface area contributed by atoms with Crippen molar-refractivity contribution < 1.29 is 18.7 Å². The number of hydrogen-bond acceptors (Lipinski definition) is 6. The first-order valence-corrected chi connectivity index (χ1v) is 8.68. The molecule has 6 nitrogen and oxygen atoms in total. The minimum atomic E-state index is -0.680. The molecule has 136 valence electrons. The fourth-order valence-electron chi connectivity index (χ4n) is 2.23. The first-order valence-electron chi connectivity index (χ1n) is 7.92. The zero-order valence-electron chi connectivity index (χ0n) is 14.1. The molecule has 0 bridgehead atoms. The molecule has 0 fully saturated rings. The Morgan fingerprint density at radius 2 is 1.92 bits per heavy atom. The number of hydrogen-bond donors (Lipinski definition) is 1. The third-order valence-electron chi connectivity index (χ3n) is 3.47. The molecule has 1 unspecified atom stereocenters. The van der Waals surface area contributed by atoms with Crippen LogP contribution < -0.4 is 10.1 Å². The maximum Gasteiger partial charge on any atom is 0.347 e. The average molecular weight is 395 g/mol. The summed E-state index contributed by atoms with van der Waals surface area (Å²) in [5, 5.41) is 3.86. The van der Waals surface area contributed by atoms with Crippen molar-refractivity contribution in [1.29, 1.82) is 0 Å². The number of esters is 1. The number of anilines is 2. The molecule has 0 aliphatic heterocycles. The number of halogens is 2. The van der Waals surface area contributed by atoms with Crippen molar-refractivity contribution >= 4 is 52.0 Å². The SMILES string of the molecule is CCOC(=O)C(C)Oc1ccc(Nc2nc3cc(Cl)c(Cl)cc3o2)cc1. The highest BCUT2D eigenvalue weighted by Gasteiger charge is 2.15. The molecule has 1 N–H and O–H groups in total. The highest BCUT2D eigenvalue weighted by molar-refractivity contribution is 6.42. The standard InChI is InChI=1S/C18H16Cl2N2O4/c1-3-24-17(23)10(2)25-12-6-4-11(5-7-12)21-18-22-15-8-13(19)14(20)9-16(15)26-18/h4-10H,3H2,1-2H3,(H,21,22). The van der Waals surface area contributed by atoms with Gasteiger partial charge in [0, 0.05) is 11.8 Å². The van der Waals surface area contributed by atoms with E-state index in [4.69, 9.17) is 37.1 Å². The van der Waals surface area contributed by atoms with Crippen molar-refractivity contribution in [3.8, 4) is 5.75 Å². The molecule has 1 aromatic heterocycles. The van der Waals surface area contributed by atoms with Crippen molar-refractivity contribution in [2.45, 2.75) is 20.0 Å². The van der Waals surface area contributed by atoms with Gasteiger partial charge in [-0.25, -0.2) is 4.79 Å². The number of nitrogens with zero attached hydrogens (tertiary/aromatic N) is 1. The summed E-state index contributed by atoms with van der Waals surface area (Å²) in [6, 6.07) is 10.6. The Morgan fingerprint density at radius 3 is 2.62 bits per heavy atom. The number of carbonyl (C=O) groups is 1. The van der Waals surface area contributed by atoms with Gasteiger partial charge in [0.05, 0.1) is 16.7 Å². The van der Waals surface area contributed by atoms with Crippen LogP contribution in [0.2, 0.25) is 10.0 Å². The fraction of sp³-hybridized carbons (Fsp3) is 0.222. The first-order chi connectivity index (χ1) is 12.5. The van der Waals surface area contributed by atoms with Crippen LogP contribution in [-0.4, -0.2) is 23.7 Å². The lowest BCUT2D eigenvalue weighted by atomic mass is 10.3. The molecule has 0 aliphatic carbocycles. The van der Waals surface area contributed by atoms with Crippen molar-refractivity contribution in [1.82, 2.24) is 4.98 Å². The molecule has 1 atom stereocenters. The van der Waals surface area contributed by atoms with Crippen LogP contribution >= 0.6 is 23.2 Å². The van der Waals surface area contributed by atoms with Crippen molar-refractivity contribution in [3.63, 3.8) is 0 Å². The van der Waals surface area contributed by atoms with Crippen molar-refractivity contribution in [2.75, 3.05) is 11.9 Å². The third-order valence-corrected chi connectivity index (χ3v) is 4.19. The molecule has 0 saturated carbocycles.